The van der Waals surface area contributed by atoms with Crippen LogP contribution in [0.5, 0.6) is 0 Å². The minimum atomic E-state index is -1.06. The Morgan fingerprint density at radius 1 is 1.75 bits per heavy atom. The first-order valence-corrected chi connectivity index (χ1v) is 4.12. The molecule has 0 aromatic carbocycles. The fraction of sp³-hybridized carbons (Fsp3) is 0.375. The zero-order valence-corrected chi connectivity index (χ0v) is 7.98. The Labute approximate surface area is 82.1 Å². The molecule has 0 heterocycles. The van der Waals surface area contributed by atoms with Crippen molar-refractivity contribution >= 4 is 29.1 Å². The van der Waals surface area contributed by atoms with Crippen molar-refractivity contribution in [1.29, 1.82) is 0 Å². The molecule has 0 aromatic heterocycles. The van der Waals surface area contributed by atoms with E-state index in [2.05, 4.69) is 12.5 Å². The predicted octanol–water partition coefficient (Wildman–Crippen LogP) is 1.44. The van der Waals surface area contributed by atoms with Crippen molar-refractivity contribution in [2.45, 2.75) is 4.84 Å². The average molecular weight is 206 g/mol. The number of halogens is 2. The first-order chi connectivity index (χ1) is 5.63. The van der Waals surface area contributed by atoms with Crippen LogP contribution < -0.4 is 0 Å². The number of carbonyl (C=O) groups is 1. The maximum atomic E-state index is 11.1. The normalized spacial score (nSPS) is 9.17. The van der Waals surface area contributed by atoms with Gasteiger partial charge in [0.05, 0.1) is 6.54 Å². The lowest BCUT2D eigenvalue weighted by molar-refractivity contribution is -0.128. The maximum absolute atomic E-state index is 11.1. The highest BCUT2D eigenvalue weighted by atomic mass is 35.5. The van der Waals surface area contributed by atoms with E-state index in [-0.39, 0.29) is 6.54 Å². The zero-order chi connectivity index (χ0) is 9.56. The number of hydrogen-bond acceptors (Lipinski definition) is 1. The van der Waals surface area contributed by atoms with E-state index in [4.69, 9.17) is 29.6 Å². The average Bonchev–Trinajstić information content (AvgIpc) is 2.03. The largest absolute Gasteiger partial charge is 0.325 e. The number of terminal acetylenes is 1. The van der Waals surface area contributed by atoms with E-state index >= 15 is 0 Å². The van der Waals surface area contributed by atoms with Crippen molar-refractivity contribution in [3.05, 3.63) is 12.7 Å². The van der Waals surface area contributed by atoms with Crippen LogP contribution >= 0.6 is 23.2 Å². The van der Waals surface area contributed by atoms with Gasteiger partial charge in [-0.15, -0.1) is 13.0 Å². The summed E-state index contributed by atoms with van der Waals surface area (Å²) in [5.41, 5.74) is 0. The number of amides is 1. The van der Waals surface area contributed by atoms with Crippen LogP contribution in [0.3, 0.4) is 0 Å². The Hall–Kier alpha value is -0.650. The molecular weight excluding hydrogens is 197 g/mol. The van der Waals surface area contributed by atoms with E-state index in [1.807, 2.05) is 0 Å². The van der Waals surface area contributed by atoms with Gasteiger partial charge in [-0.1, -0.05) is 35.2 Å². The third kappa shape index (κ3) is 3.66. The second kappa shape index (κ2) is 5.93. The summed E-state index contributed by atoms with van der Waals surface area (Å²) >= 11 is 10.7. The number of nitrogens with zero attached hydrogens (tertiary/aromatic N) is 1. The molecule has 0 bridgehead atoms. The van der Waals surface area contributed by atoms with Gasteiger partial charge < -0.3 is 4.90 Å². The van der Waals surface area contributed by atoms with E-state index in [9.17, 15) is 4.79 Å². The van der Waals surface area contributed by atoms with E-state index in [0.29, 0.717) is 6.54 Å². The molecule has 4 heteroatoms. The number of rotatable bonds is 4. The molecule has 0 atom stereocenters. The molecule has 0 aliphatic rings. The quantitative estimate of drug-likeness (QED) is 0.387. The SMILES string of the molecule is C#CCN(CC=C)C(=O)C(Cl)Cl. The van der Waals surface area contributed by atoms with E-state index in [1.54, 1.807) is 6.08 Å². The monoisotopic (exact) mass is 205 g/mol. The van der Waals surface area contributed by atoms with Gasteiger partial charge in [-0.3, -0.25) is 4.79 Å². The van der Waals surface area contributed by atoms with Crippen LogP contribution in [-0.4, -0.2) is 28.7 Å². The third-order valence-corrected chi connectivity index (χ3v) is 1.50. The third-order valence-electron chi connectivity index (χ3n) is 1.13. The van der Waals surface area contributed by atoms with E-state index in [1.165, 1.54) is 4.90 Å². The summed E-state index contributed by atoms with van der Waals surface area (Å²) in [6, 6.07) is 0. The summed E-state index contributed by atoms with van der Waals surface area (Å²) in [4.78, 5) is 11.4. The molecule has 12 heavy (non-hydrogen) atoms. The number of hydrogen-bond donors (Lipinski definition) is 0. The molecule has 66 valence electrons. The molecule has 0 aliphatic carbocycles. The lowest BCUT2D eigenvalue weighted by Gasteiger charge is -2.18. The topological polar surface area (TPSA) is 20.3 Å². The highest BCUT2D eigenvalue weighted by molar-refractivity contribution is 6.53. The Kier molecular flexibility index (Phi) is 5.61. The van der Waals surface area contributed by atoms with Crippen LogP contribution in [0.2, 0.25) is 0 Å². The lowest BCUT2D eigenvalue weighted by atomic mass is 10.4. The molecule has 0 unspecified atom stereocenters. The lowest BCUT2D eigenvalue weighted by Crippen LogP contribution is -2.35. The highest BCUT2D eigenvalue weighted by Gasteiger charge is 2.17. The summed E-state index contributed by atoms with van der Waals surface area (Å²) in [6.45, 7) is 4.03. The number of carbonyl (C=O) groups excluding carboxylic acids is 1. The van der Waals surface area contributed by atoms with Crippen molar-refractivity contribution in [3.63, 3.8) is 0 Å². The van der Waals surface area contributed by atoms with Crippen LogP contribution in [-0.2, 0) is 4.79 Å². The molecule has 0 N–H and O–H groups in total. The van der Waals surface area contributed by atoms with Gasteiger partial charge in [0.2, 0.25) is 0 Å². The summed E-state index contributed by atoms with van der Waals surface area (Å²) in [7, 11) is 0. The fourth-order valence-corrected chi connectivity index (χ4v) is 0.913. The van der Waals surface area contributed by atoms with Gasteiger partial charge >= 0.3 is 0 Å². The Balaban J connectivity index is 4.20. The minimum Gasteiger partial charge on any atom is -0.325 e. The summed E-state index contributed by atoms with van der Waals surface area (Å²) in [6.07, 6.45) is 6.59. The standard InChI is InChI=1S/C8H9Cl2NO/c1-3-5-11(6-4-2)8(12)7(9)10/h1,4,7H,2,5-6H2. The second-order valence-electron chi connectivity index (χ2n) is 2.01. The van der Waals surface area contributed by atoms with Gasteiger partial charge in [-0.25, -0.2) is 0 Å². The first kappa shape index (κ1) is 11.4. The first-order valence-electron chi connectivity index (χ1n) is 3.24. The maximum Gasteiger partial charge on any atom is 0.256 e. The van der Waals surface area contributed by atoms with Crippen LogP contribution in [0.15, 0.2) is 12.7 Å². The summed E-state index contributed by atoms with van der Waals surface area (Å²) in [5.74, 6) is 1.94. The van der Waals surface area contributed by atoms with Gasteiger partial charge in [0.25, 0.3) is 5.91 Å². The molecule has 0 aromatic rings. The molecule has 1 amide bonds. The Morgan fingerprint density at radius 3 is 2.67 bits per heavy atom. The van der Waals surface area contributed by atoms with Crippen molar-refractivity contribution in [3.8, 4) is 12.3 Å². The van der Waals surface area contributed by atoms with Crippen molar-refractivity contribution in [2.24, 2.45) is 0 Å². The Morgan fingerprint density at radius 2 is 2.33 bits per heavy atom. The molecule has 0 fully saturated rings. The van der Waals surface area contributed by atoms with E-state index < -0.39 is 10.7 Å². The van der Waals surface area contributed by atoms with Crippen molar-refractivity contribution in [2.75, 3.05) is 13.1 Å². The van der Waals surface area contributed by atoms with Crippen molar-refractivity contribution in [1.82, 2.24) is 4.90 Å². The van der Waals surface area contributed by atoms with Crippen LogP contribution in [0.25, 0.3) is 0 Å². The summed E-state index contributed by atoms with van der Waals surface area (Å²) in [5, 5.41) is 0. The smallest absolute Gasteiger partial charge is 0.256 e. The van der Waals surface area contributed by atoms with E-state index in [0.717, 1.165) is 0 Å². The van der Waals surface area contributed by atoms with Crippen molar-refractivity contribution < 1.29 is 4.79 Å². The van der Waals surface area contributed by atoms with Gasteiger partial charge in [-0.05, 0) is 0 Å². The van der Waals surface area contributed by atoms with Gasteiger partial charge in [-0.2, -0.15) is 0 Å². The fourth-order valence-electron chi connectivity index (χ4n) is 0.636. The van der Waals surface area contributed by atoms with Crippen LogP contribution in [0, 0.1) is 12.3 Å². The molecule has 0 radical (unpaired) electrons. The molecule has 0 saturated heterocycles. The highest BCUT2D eigenvalue weighted by Crippen LogP contribution is 2.06. The minimum absolute atomic E-state index is 0.195. The molecule has 0 rings (SSSR count). The molecule has 0 saturated carbocycles. The van der Waals surface area contributed by atoms with Crippen LogP contribution in [0.1, 0.15) is 0 Å². The van der Waals surface area contributed by atoms with Gasteiger partial charge in [0.15, 0.2) is 4.84 Å². The molecule has 0 spiro atoms. The molecule has 2 nitrogen and oxygen atoms in total. The van der Waals surface area contributed by atoms with Gasteiger partial charge in [0.1, 0.15) is 0 Å². The molecular formula is C8H9Cl2NO. The number of alkyl halides is 2. The summed E-state index contributed by atoms with van der Waals surface area (Å²) < 4.78 is 0. The zero-order valence-electron chi connectivity index (χ0n) is 6.46. The predicted molar refractivity (Wildman–Crippen MR) is 51.1 cm³/mol. The second-order valence-corrected chi connectivity index (χ2v) is 3.11. The van der Waals surface area contributed by atoms with Crippen LogP contribution in [0.4, 0.5) is 0 Å². The van der Waals surface area contributed by atoms with Gasteiger partial charge in [0, 0.05) is 6.54 Å². The molecule has 0 aliphatic heterocycles. The Bertz CT molecular complexity index is 208.